The van der Waals surface area contributed by atoms with Crippen LogP contribution in [-0.2, 0) is 7.05 Å². The van der Waals surface area contributed by atoms with E-state index >= 15 is 0 Å². The first kappa shape index (κ1) is 21.7. The van der Waals surface area contributed by atoms with Crippen LogP contribution < -0.4 is 5.32 Å². The lowest BCUT2D eigenvalue weighted by molar-refractivity contribution is 0.102. The third kappa shape index (κ3) is 3.69. The van der Waals surface area contributed by atoms with Crippen LogP contribution in [0.25, 0.3) is 28.2 Å². The van der Waals surface area contributed by atoms with Crippen molar-refractivity contribution < 1.29 is 13.6 Å². The van der Waals surface area contributed by atoms with Crippen molar-refractivity contribution in [3.05, 3.63) is 88.7 Å². The molecule has 0 saturated carbocycles. The van der Waals surface area contributed by atoms with Crippen LogP contribution in [0, 0.1) is 18.6 Å². The maximum absolute atomic E-state index is 14.7. The van der Waals surface area contributed by atoms with Crippen molar-refractivity contribution in [1.29, 1.82) is 0 Å². The van der Waals surface area contributed by atoms with Crippen LogP contribution in [0.3, 0.4) is 0 Å². The van der Waals surface area contributed by atoms with Gasteiger partial charge in [0.2, 0.25) is 0 Å². The second-order valence-electron chi connectivity index (χ2n) is 7.71. The molecule has 0 aliphatic rings. The third-order valence-electron chi connectivity index (χ3n) is 5.53. The zero-order chi connectivity index (χ0) is 24.0. The number of aromatic nitrogens is 5. The number of carbonyl (C=O) groups excluding carboxylic acids is 1. The number of benzene rings is 2. The van der Waals surface area contributed by atoms with E-state index in [0.717, 1.165) is 0 Å². The molecule has 2 aromatic carbocycles. The molecule has 0 spiro atoms. The van der Waals surface area contributed by atoms with E-state index in [1.165, 1.54) is 35.1 Å². The Bertz CT molecular complexity index is 1560. The van der Waals surface area contributed by atoms with Gasteiger partial charge in [0.15, 0.2) is 11.5 Å². The average molecular weight is 479 g/mol. The highest BCUT2D eigenvalue weighted by atomic mass is 35.5. The fraction of sp³-hybridized carbons (Fsp3) is 0.0833. The van der Waals surface area contributed by atoms with E-state index < -0.39 is 17.5 Å². The molecule has 3 aromatic heterocycles. The summed E-state index contributed by atoms with van der Waals surface area (Å²) < 4.78 is 32.2. The molecule has 0 aliphatic carbocycles. The summed E-state index contributed by atoms with van der Waals surface area (Å²) in [6, 6.07) is 12.3. The molecular formula is C24H17ClF2N6O. The van der Waals surface area contributed by atoms with Crippen LogP contribution in [0.4, 0.5) is 14.6 Å². The van der Waals surface area contributed by atoms with Gasteiger partial charge in [-0.2, -0.15) is 5.10 Å². The lowest BCUT2D eigenvalue weighted by Gasteiger charge is -2.12. The molecule has 170 valence electrons. The van der Waals surface area contributed by atoms with Gasteiger partial charge in [-0.15, -0.1) is 10.2 Å². The molecule has 0 aliphatic heterocycles. The van der Waals surface area contributed by atoms with E-state index in [9.17, 15) is 13.6 Å². The number of pyridine rings is 1. The van der Waals surface area contributed by atoms with Gasteiger partial charge in [-0.25, -0.2) is 8.78 Å². The Balaban J connectivity index is 1.55. The monoisotopic (exact) mass is 478 g/mol. The maximum atomic E-state index is 14.7. The first-order valence-corrected chi connectivity index (χ1v) is 10.6. The average Bonchev–Trinajstić information content (AvgIpc) is 3.39. The Morgan fingerprint density at radius 1 is 1.06 bits per heavy atom. The molecule has 0 atom stereocenters. The van der Waals surface area contributed by atoms with Crippen molar-refractivity contribution in [3.8, 4) is 22.5 Å². The number of hydrogen-bond donors (Lipinski definition) is 1. The Kier molecular flexibility index (Phi) is 5.33. The van der Waals surface area contributed by atoms with Crippen molar-refractivity contribution in [2.24, 2.45) is 7.05 Å². The lowest BCUT2D eigenvalue weighted by atomic mass is 9.98. The summed E-state index contributed by atoms with van der Waals surface area (Å²) in [5.41, 5.74) is 2.46. The molecule has 0 bridgehead atoms. The third-order valence-corrected chi connectivity index (χ3v) is 5.84. The van der Waals surface area contributed by atoms with Crippen molar-refractivity contribution in [2.45, 2.75) is 6.92 Å². The second kappa shape index (κ2) is 8.35. The van der Waals surface area contributed by atoms with Gasteiger partial charge in [-0.05, 0) is 60.0 Å². The van der Waals surface area contributed by atoms with Gasteiger partial charge >= 0.3 is 0 Å². The molecule has 1 amide bonds. The minimum absolute atomic E-state index is 0.109. The first-order valence-electron chi connectivity index (χ1n) is 10.2. The van der Waals surface area contributed by atoms with Crippen LogP contribution in [0.1, 0.15) is 15.9 Å². The van der Waals surface area contributed by atoms with Gasteiger partial charge in [0, 0.05) is 19.3 Å². The van der Waals surface area contributed by atoms with Gasteiger partial charge in [0.1, 0.15) is 17.5 Å². The van der Waals surface area contributed by atoms with E-state index in [2.05, 4.69) is 20.6 Å². The predicted molar refractivity (Wildman–Crippen MR) is 125 cm³/mol. The fourth-order valence-electron chi connectivity index (χ4n) is 3.78. The molecule has 5 rings (SSSR count). The van der Waals surface area contributed by atoms with Crippen molar-refractivity contribution in [2.75, 3.05) is 5.32 Å². The first-order chi connectivity index (χ1) is 16.3. The summed E-state index contributed by atoms with van der Waals surface area (Å²) in [5.74, 6) is -1.04. The van der Waals surface area contributed by atoms with Gasteiger partial charge in [-0.1, -0.05) is 17.7 Å². The number of carbonyl (C=O) groups is 1. The number of rotatable bonds is 4. The van der Waals surface area contributed by atoms with Crippen molar-refractivity contribution in [1.82, 2.24) is 24.4 Å². The Hall–Kier alpha value is -4.11. The van der Waals surface area contributed by atoms with E-state index in [0.29, 0.717) is 28.2 Å². The second-order valence-corrected chi connectivity index (χ2v) is 8.11. The van der Waals surface area contributed by atoms with Crippen molar-refractivity contribution in [3.63, 3.8) is 0 Å². The Morgan fingerprint density at radius 3 is 2.62 bits per heavy atom. The number of anilines is 1. The van der Waals surface area contributed by atoms with E-state index in [4.69, 9.17) is 11.6 Å². The zero-order valence-electron chi connectivity index (χ0n) is 18.1. The van der Waals surface area contributed by atoms with E-state index in [1.54, 1.807) is 48.8 Å². The van der Waals surface area contributed by atoms with Crippen LogP contribution in [0.15, 0.2) is 60.9 Å². The summed E-state index contributed by atoms with van der Waals surface area (Å²) in [6.07, 6.45) is 3.21. The molecule has 7 nitrogen and oxygen atoms in total. The Morgan fingerprint density at radius 2 is 1.88 bits per heavy atom. The molecule has 5 aromatic rings. The highest BCUT2D eigenvalue weighted by molar-refractivity contribution is 6.33. The molecule has 3 heterocycles. The topological polar surface area (TPSA) is 77.1 Å². The van der Waals surface area contributed by atoms with Gasteiger partial charge in [0.05, 0.1) is 22.3 Å². The van der Waals surface area contributed by atoms with Crippen molar-refractivity contribution >= 4 is 29.0 Å². The van der Waals surface area contributed by atoms with Gasteiger partial charge in [-0.3, -0.25) is 13.9 Å². The molecule has 0 fully saturated rings. The maximum Gasteiger partial charge on any atom is 0.259 e. The largest absolute Gasteiger partial charge is 0.307 e. The summed E-state index contributed by atoms with van der Waals surface area (Å²) in [4.78, 5) is 12.7. The molecular weight excluding hydrogens is 462 g/mol. The highest BCUT2D eigenvalue weighted by Gasteiger charge is 2.19. The van der Waals surface area contributed by atoms with Gasteiger partial charge in [0.25, 0.3) is 5.91 Å². The highest BCUT2D eigenvalue weighted by Crippen LogP contribution is 2.32. The molecule has 0 radical (unpaired) electrons. The zero-order valence-corrected chi connectivity index (χ0v) is 18.8. The number of nitrogens with zero attached hydrogens (tertiary/aromatic N) is 5. The van der Waals surface area contributed by atoms with Crippen LogP contribution in [0.5, 0.6) is 0 Å². The number of halogens is 3. The smallest absolute Gasteiger partial charge is 0.259 e. The number of nitrogens with one attached hydrogen (secondary N) is 1. The minimum atomic E-state index is -0.638. The van der Waals surface area contributed by atoms with Crippen LogP contribution in [-0.4, -0.2) is 30.3 Å². The molecule has 10 heteroatoms. The van der Waals surface area contributed by atoms with E-state index in [1.807, 2.05) is 0 Å². The summed E-state index contributed by atoms with van der Waals surface area (Å²) in [5, 5.41) is 15.1. The molecule has 34 heavy (non-hydrogen) atoms. The van der Waals surface area contributed by atoms with Crippen LogP contribution in [0.2, 0.25) is 5.02 Å². The lowest BCUT2D eigenvalue weighted by Crippen LogP contribution is -2.16. The molecule has 0 saturated heterocycles. The molecule has 1 N–H and O–H groups in total. The number of aryl methyl sites for hydroxylation is 2. The SMILES string of the molecule is Cc1cc(F)c(C(=O)Nc2ccnn2C)cc1-c1ccn2c(-c3c(F)cccc3Cl)nnc2c1. The van der Waals surface area contributed by atoms with Crippen LogP contribution >= 0.6 is 11.6 Å². The number of fused-ring (bicyclic) bond motifs is 1. The summed E-state index contributed by atoms with van der Waals surface area (Å²) >= 11 is 6.19. The van der Waals surface area contributed by atoms with E-state index in [-0.39, 0.29) is 22.0 Å². The normalized spacial score (nSPS) is 11.2. The standard InChI is InChI=1S/C24H17ClF2N6O/c1-13-10-19(27)16(24(34)29-20-6-8-28-32(20)2)12-15(13)14-7-9-33-21(11-14)30-31-23(33)22-17(25)4-3-5-18(22)26/h3-12H,1-2H3,(H,29,34). The predicted octanol–water partition coefficient (Wildman–Crippen LogP) is 5.29. The fourth-order valence-corrected chi connectivity index (χ4v) is 4.03. The number of hydrogen-bond acceptors (Lipinski definition) is 4. The number of amides is 1. The summed E-state index contributed by atoms with van der Waals surface area (Å²) in [6.45, 7) is 1.75. The quantitative estimate of drug-likeness (QED) is 0.381. The minimum Gasteiger partial charge on any atom is -0.307 e. The van der Waals surface area contributed by atoms with Gasteiger partial charge < -0.3 is 5.32 Å². The summed E-state index contributed by atoms with van der Waals surface area (Å²) in [7, 11) is 1.67. The Labute approximate surface area is 197 Å². The molecule has 0 unspecified atom stereocenters.